The molecule has 1 aromatic rings. The maximum absolute atomic E-state index is 13.1. The number of hydrogen-bond acceptors (Lipinski definition) is 3. The fraction of sp³-hybridized carbons (Fsp3) is 0.680. The summed E-state index contributed by atoms with van der Waals surface area (Å²) >= 11 is 0. The average molecular weight is 412 g/mol. The molecule has 4 rings (SSSR count). The molecule has 5 nitrogen and oxygen atoms in total. The quantitative estimate of drug-likeness (QED) is 0.762. The molecule has 0 unspecified atom stereocenters. The highest BCUT2D eigenvalue weighted by atomic mass is 16.2. The van der Waals surface area contributed by atoms with Crippen LogP contribution in [0.2, 0.25) is 0 Å². The lowest BCUT2D eigenvalue weighted by molar-refractivity contribution is -0.137. The normalized spacial score (nSPS) is 21.4. The molecule has 2 aliphatic heterocycles. The molecule has 3 aliphatic rings. The summed E-state index contributed by atoms with van der Waals surface area (Å²) in [7, 11) is 0. The third kappa shape index (κ3) is 4.72. The van der Waals surface area contributed by atoms with Crippen LogP contribution in [-0.4, -0.2) is 65.3 Å². The van der Waals surface area contributed by atoms with Gasteiger partial charge in [0.2, 0.25) is 5.91 Å². The lowest BCUT2D eigenvalue weighted by Gasteiger charge is -2.33. The number of fused-ring (bicyclic) bond motifs is 1. The van der Waals surface area contributed by atoms with Crippen molar-refractivity contribution in [3.8, 4) is 0 Å². The summed E-state index contributed by atoms with van der Waals surface area (Å²) < 4.78 is 0. The number of carbonyl (C=O) groups is 2. The molecule has 0 atom stereocenters. The van der Waals surface area contributed by atoms with E-state index in [0.29, 0.717) is 18.5 Å². The fourth-order valence-corrected chi connectivity index (χ4v) is 5.32. The summed E-state index contributed by atoms with van der Waals surface area (Å²) in [4.78, 5) is 32.6. The summed E-state index contributed by atoms with van der Waals surface area (Å²) in [5.74, 6) is 0.735. The molecule has 0 radical (unpaired) electrons. The number of amides is 2. The maximum Gasteiger partial charge on any atom is 0.253 e. The molecular formula is C25H37N3O2. The van der Waals surface area contributed by atoms with Crippen LogP contribution in [0.4, 0.5) is 0 Å². The molecule has 2 heterocycles. The summed E-state index contributed by atoms with van der Waals surface area (Å²) in [5, 5.41) is 0. The van der Waals surface area contributed by atoms with Gasteiger partial charge >= 0.3 is 0 Å². The van der Waals surface area contributed by atoms with Gasteiger partial charge in [0, 0.05) is 56.8 Å². The van der Waals surface area contributed by atoms with Gasteiger partial charge in [0.15, 0.2) is 0 Å². The smallest absolute Gasteiger partial charge is 0.253 e. The van der Waals surface area contributed by atoms with Gasteiger partial charge in [-0.3, -0.25) is 14.5 Å². The molecule has 0 bridgehead atoms. The van der Waals surface area contributed by atoms with Crippen LogP contribution in [0.3, 0.4) is 0 Å². The predicted octanol–water partition coefficient (Wildman–Crippen LogP) is 3.71. The molecule has 0 aromatic heterocycles. The molecule has 30 heavy (non-hydrogen) atoms. The van der Waals surface area contributed by atoms with Gasteiger partial charge in [-0.05, 0) is 62.8 Å². The molecule has 164 valence electrons. The molecular weight excluding hydrogens is 374 g/mol. The zero-order chi connectivity index (χ0) is 21.1. The molecule has 0 N–H and O–H groups in total. The van der Waals surface area contributed by atoms with Crippen molar-refractivity contribution < 1.29 is 9.59 Å². The molecule has 1 aliphatic carbocycles. The predicted molar refractivity (Wildman–Crippen MR) is 119 cm³/mol. The van der Waals surface area contributed by atoms with E-state index in [1.165, 1.54) is 30.4 Å². The van der Waals surface area contributed by atoms with Crippen LogP contribution in [0.5, 0.6) is 0 Å². The summed E-state index contributed by atoms with van der Waals surface area (Å²) in [6, 6.07) is 6.68. The zero-order valence-electron chi connectivity index (χ0n) is 18.7. The van der Waals surface area contributed by atoms with Gasteiger partial charge in [-0.25, -0.2) is 0 Å². The monoisotopic (exact) mass is 411 g/mol. The van der Waals surface area contributed by atoms with Gasteiger partial charge in [0.1, 0.15) is 0 Å². The second-order valence-corrected chi connectivity index (χ2v) is 9.60. The van der Waals surface area contributed by atoms with Crippen LogP contribution in [-0.2, 0) is 17.8 Å². The highest BCUT2D eigenvalue weighted by Gasteiger charge is 2.29. The summed E-state index contributed by atoms with van der Waals surface area (Å²) in [6.07, 6.45) is 7.66. The van der Waals surface area contributed by atoms with Crippen molar-refractivity contribution in [2.45, 2.75) is 71.4 Å². The topological polar surface area (TPSA) is 43.9 Å². The van der Waals surface area contributed by atoms with E-state index in [4.69, 9.17) is 0 Å². The number of carbonyl (C=O) groups excluding carboxylic acids is 2. The average Bonchev–Trinajstić information content (AvgIpc) is 3.04. The standard InChI is InChI=1S/C25H37N3O2/c1-19(2)26-12-6-13-27(16-15-26)25(30)22-9-10-23-18-28(14-11-21(23)17-22)24(29)20-7-4-3-5-8-20/h9-10,17,19-20H,3-8,11-16,18H2,1-2H3. The Balaban J connectivity index is 1.40. The summed E-state index contributed by atoms with van der Waals surface area (Å²) in [6.45, 7) is 9.59. The number of benzene rings is 1. The Morgan fingerprint density at radius 3 is 2.43 bits per heavy atom. The van der Waals surface area contributed by atoms with Crippen molar-refractivity contribution in [1.29, 1.82) is 0 Å². The molecule has 0 spiro atoms. The molecule has 5 heteroatoms. The molecule has 1 aromatic carbocycles. The van der Waals surface area contributed by atoms with E-state index in [1.807, 2.05) is 11.0 Å². The second kappa shape index (κ2) is 9.51. The Bertz CT molecular complexity index is 770. The minimum atomic E-state index is 0.157. The van der Waals surface area contributed by atoms with Gasteiger partial charge in [0.05, 0.1) is 0 Å². The molecule has 1 saturated heterocycles. The first-order chi connectivity index (χ1) is 14.5. The van der Waals surface area contributed by atoms with E-state index in [2.05, 4.69) is 35.8 Å². The third-order valence-corrected chi connectivity index (χ3v) is 7.28. The SMILES string of the molecule is CC(C)N1CCCN(C(=O)c2ccc3c(c2)CCN(C(=O)C2CCCCC2)C3)CC1. The number of rotatable bonds is 3. The molecule has 2 fully saturated rings. The lowest BCUT2D eigenvalue weighted by atomic mass is 9.87. The highest BCUT2D eigenvalue weighted by molar-refractivity contribution is 5.94. The Morgan fingerprint density at radius 2 is 1.67 bits per heavy atom. The van der Waals surface area contributed by atoms with E-state index in [1.54, 1.807) is 0 Å². The van der Waals surface area contributed by atoms with Crippen LogP contribution in [0.25, 0.3) is 0 Å². The summed E-state index contributed by atoms with van der Waals surface area (Å²) in [5.41, 5.74) is 3.26. The van der Waals surface area contributed by atoms with Crippen LogP contribution in [0.15, 0.2) is 18.2 Å². The molecule has 2 amide bonds. The first-order valence-electron chi connectivity index (χ1n) is 12.0. The van der Waals surface area contributed by atoms with Crippen LogP contribution in [0.1, 0.15) is 73.9 Å². The van der Waals surface area contributed by atoms with E-state index in [0.717, 1.165) is 64.0 Å². The Labute approximate surface area is 181 Å². The first kappa shape index (κ1) is 21.4. The van der Waals surface area contributed by atoms with Crippen molar-refractivity contribution in [2.24, 2.45) is 5.92 Å². The van der Waals surface area contributed by atoms with E-state index < -0.39 is 0 Å². The zero-order valence-corrected chi connectivity index (χ0v) is 18.7. The van der Waals surface area contributed by atoms with Gasteiger partial charge in [-0.15, -0.1) is 0 Å². The Kier molecular flexibility index (Phi) is 6.77. The van der Waals surface area contributed by atoms with E-state index in [9.17, 15) is 9.59 Å². The minimum absolute atomic E-state index is 0.157. The van der Waals surface area contributed by atoms with Gasteiger partial charge in [-0.1, -0.05) is 25.3 Å². The second-order valence-electron chi connectivity index (χ2n) is 9.60. The van der Waals surface area contributed by atoms with Crippen LogP contribution < -0.4 is 0 Å². The largest absolute Gasteiger partial charge is 0.338 e. The minimum Gasteiger partial charge on any atom is -0.338 e. The van der Waals surface area contributed by atoms with Crippen molar-refractivity contribution in [3.05, 3.63) is 34.9 Å². The van der Waals surface area contributed by atoms with Crippen molar-refractivity contribution in [1.82, 2.24) is 14.7 Å². The first-order valence-corrected chi connectivity index (χ1v) is 12.0. The Hall–Kier alpha value is -1.88. The van der Waals surface area contributed by atoms with Gasteiger partial charge in [0.25, 0.3) is 5.91 Å². The van der Waals surface area contributed by atoms with Gasteiger partial charge in [-0.2, -0.15) is 0 Å². The fourth-order valence-electron chi connectivity index (χ4n) is 5.32. The lowest BCUT2D eigenvalue weighted by Crippen LogP contribution is -2.40. The third-order valence-electron chi connectivity index (χ3n) is 7.28. The van der Waals surface area contributed by atoms with E-state index >= 15 is 0 Å². The maximum atomic E-state index is 13.1. The van der Waals surface area contributed by atoms with Gasteiger partial charge < -0.3 is 9.80 Å². The van der Waals surface area contributed by atoms with Crippen molar-refractivity contribution in [2.75, 3.05) is 32.7 Å². The van der Waals surface area contributed by atoms with Crippen LogP contribution >= 0.6 is 0 Å². The highest BCUT2D eigenvalue weighted by Crippen LogP contribution is 2.28. The Morgan fingerprint density at radius 1 is 0.867 bits per heavy atom. The van der Waals surface area contributed by atoms with Crippen LogP contribution in [0, 0.1) is 5.92 Å². The van der Waals surface area contributed by atoms with Crippen molar-refractivity contribution >= 4 is 11.8 Å². The molecule has 1 saturated carbocycles. The van der Waals surface area contributed by atoms with E-state index in [-0.39, 0.29) is 11.8 Å². The number of hydrogen-bond donors (Lipinski definition) is 0. The van der Waals surface area contributed by atoms with Crippen molar-refractivity contribution in [3.63, 3.8) is 0 Å². The number of nitrogens with zero attached hydrogens (tertiary/aromatic N) is 3.